The minimum atomic E-state index is -0.955. The highest BCUT2D eigenvalue weighted by molar-refractivity contribution is 5.86. The summed E-state index contributed by atoms with van der Waals surface area (Å²) >= 11 is 0. The van der Waals surface area contributed by atoms with Crippen molar-refractivity contribution in [2.45, 2.75) is 254 Å². The Bertz CT molecular complexity index is 5280. The number of halogens is 1. The fourth-order valence-electron chi connectivity index (χ4n) is 15.9. The maximum atomic E-state index is 12.4. The lowest BCUT2D eigenvalue weighted by Gasteiger charge is -2.37. The van der Waals surface area contributed by atoms with Crippen LogP contribution in [-0.4, -0.2) is 201 Å². The van der Waals surface area contributed by atoms with Gasteiger partial charge in [-0.25, -0.2) is 33.6 Å². The molecule has 0 fully saturated rings. The van der Waals surface area contributed by atoms with Gasteiger partial charge in [0.05, 0.1) is 75.5 Å². The van der Waals surface area contributed by atoms with E-state index >= 15 is 0 Å². The number of hydrogen-bond donors (Lipinski definition) is 7. The Kier molecular flexibility index (Phi) is 46.1. The number of nitrogens with zero attached hydrogens (tertiary/aromatic N) is 3. The van der Waals surface area contributed by atoms with Gasteiger partial charge in [-0.2, -0.15) is 0 Å². The van der Waals surface area contributed by atoms with E-state index < -0.39 is 83.6 Å². The molecule has 8 aromatic rings. The van der Waals surface area contributed by atoms with E-state index in [2.05, 4.69) is 94.3 Å². The number of ether oxygens (including phenoxy) is 9. The number of aliphatic hydroxyl groups excluding tert-OH is 1. The number of carbonyl (C=O) groups excluding carboxylic acids is 9. The second-order valence-corrected chi connectivity index (χ2v) is 35.4. The molecule has 30 heteroatoms. The topological polar surface area (TPSA) is 392 Å². The van der Waals surface area contributed by atoms with Crippen LogP contribution in [0.15, 0.2) is 164 Å². The first kappa shape index (κ1) is 113. The van der Waals surface area contributed by atoms with Crippen molar-refractivity contribution < 1.29 is 101 Å². The standard InChI is InChI=1S/C17H23NO4.C16H23NO3.C14H17NO4.C13H17NO4.C12H15NO2.C12H17N.C11H15NO2.C10H13NO2.ClH/c1-11-7-6-8-12-10-18(16(20)22-17(2,3)4)14(9-13(11)12)15(19)21-5;1-11-6-5-7-12-9-17(13(10-18)8-14(11)12)15(19)20-16(2,3)4;1-9-5-4-6-10-8-15(14(17)19-3)12(7-11(9)10)13(16)18-2;1-9-6-4-5-7-10(9)8-11(12(15)17-2)14-13(16)18-3;1-8-4-3-5-9-7-13-11(6-10(8)9)12(14)15-2;1-3-11-7-12-9(2)5-4-6-10(12)8-13-11;1-8-5-3-4-6-9(8)7-10(12)11(13)14-2;1-7-4-2-3-5-8(7)6-9(11)10(12)13;/h6-8,14H,9-10H2,1-5H3;5-7,13,18H,8-10H2,1-4H3;4-6,12H,7-8H2,1-3H3;4-7,11H,8H2,1-3H3,(H,14,16);3-5,11,13H,6-7H2,1-2H3;4-6,11,13H,3,7-8H2,1-2H3;3-6,10H,7,12H2,1-2H3;2-5,9H,6,11H2,1H3,(H,12,13);1H/t14-;13-;12-;3*11-;10-;9-;/m11111011./s1. The third-order valence-electron chi connectivity index (χ3n) is 23.6. The number of aliphatic hydroxyl groups is 1. The number of alkyl carbamates (subject to hydrolysis) is 1. The molecule has 0 bridgehead atoms. The molecular formula is C105H141ClN8O21. The first-order chi connectivity index (χ1) is 63.5. The minimum absolute atomic E-state index is 0. The largest absolute Gasteiger partial charge is 0.480 e. The molecule has 8 aromatic carbocycles. The van der Waals surface area contributed by atoms with Crippen LogP contribution < -0.4 is 27.4 Å². The second-order valence-electron chi connectivity index (χ2n) is 35.4. The Morgan fingerprint density at radius 3 is 1.12 bits per heavy atom. The van der Waals surface area contributed by atoms with Crippen molar-refractivity contribution in [3.63, 3.8) is 0 Å². The Hall–Kier alpha value is -12.3. The predicted molar refractivity (Wildman–Crippen MR) is 521 cm³/mol. The number of amides is 4. The minimum Gasteiger partial charge on any atom is -0.480 e. The lowest BCUT2D eigenvalue weighted by Crippen LogP contribution is -2.50. The highest BCUT2D eigenvalue weighted by Gasteiger charge is 2.40. The number of nitrogens with two attached hydrogens (primary N) is 2. The van der Waals surface area contributed by atoms with Crippen LogP contribution in [0.2, 0.25) is 0 Å². The van der Waals surface area contributed by atoms with Gasteiger partial charge < -0.3 is 80.3 Å². The molecule has 734 valence electrons. The maximum absolute atomic E-state index is 12.4. The van der Waals surface area contributed by atoms with Crippen molar-refractivity contribution in [3.8, 4) is 0 Å². The van der Waals surface area contributed by atoms with E-state index in [9.17, 15) is 53.1 Å². The molecule has 0 saturated carbocycles. The van der Waals surface area contributed by atoms with Crippen molar-refractivity contribution in [2.75, 3.05) is 56.4 Å². The zero-order valence-corrected chi connectivity index (χ0v) is 83.2. The van der Waals surface area contributed by atoms with Crippen molar-refractivity contribution in [1.29, 1.82) is 0 Å². The number of carbonyl (C=O) groups is 10. The van der Waals surface area contributed by atoms with E-state index in [-0.39, 0.29) is 49.1 Å². The average molecular weight is 1890 g/mol. The quantitative estimate of drug-likeness (QED) is 0.0370. The molecule has 13 rings (SSSR count). The van der Waals surface area contributed by atoms with Crippen LogP contribution in [0.3, 0.4) is 0 Å². The molecule has 5 aliphatic rings. The van der Waals surface area contributed by atoms with E-state index in [4.69, 9.17) is 45.0 Å². The number of carboxylic acid groups (broad SMARTS) is 1. The van der Waals surface area contributed by atoms with Crippen molar-refractivity contribution >= 4 is 72.6 Å². The predicted octanol–water partition coefficient (Wildman–Crippen LogP) is 14.6. The molecule has 135 heavy (non-hydrogen) atoms. The fraction of sp³-hybridized carbons (Fsp3) is 0.448. The van der Waals surface area contributed by atoms with Crippen LogP contribution in [0.25, 0.3) is 0 Å². The van der Waals surface area contributed by atoms with E-state index in [0.717, 1.165) is 91.8 Å². The summed E-state index contributed by atoms with van der Waals surface area (Å²) in [4.78, 5) is 121. The van der Waals surface area contributed by atoms with Gasteiger partial charge in [0, 0.05) is 44.9 Å². The number of benzene rings is 8. The smallest absolute Gasteiger partial charge is 0.411 e. The van der Waals surface area contributed by atoms with E-state index in [1.807, 2.05) is 183 Å². The monoisotopic (exact) mass is 1880 g/mol. The molecule has 8 atom stereocenters. The highest BCUT2D eigenvalue weighted by Crippen LogP contribution is 2.33. The summed E-state index contributed by atoms with van der Waals surface area (Å²) in [6, 6.07) is 50.9. The normalized spacial score (nSPS) is 16.3. The first-order valence-electron chi connectivity index (χ1n) is 44.9. The van der Waals surface area contributed by atoms with Gasteiger partial charge in [0.2, 0.25) is 0 Å². The molecular weight excluding hydrogens is 1740 g/mol. The molecule has 0 aliphatic carbocycles. The van der Waals surface area contributed by atoms with Crippen LogP contribution in [0.4, 0.5) is 19.2 Å². The molecule has 9 N–H and O–H groups in total. The van der Waals surface area contributed by atoms with Crippen molar-refractivity contribution in [1.82, 2.24) is 30.7 Å². The van der Waals surface area contributed by atoms with Gasteiger partial charge in [-0.15, -0.1) is 12.4 Å². The Morgan fingerprint density at radius 2 is 0.748 bits per heavy atom. The summed E-state index contributed by atoms with van der Waals surface area (Å²) in [5.74, 6) is -2.83. The zero-order valence-electron chi connectivity index (χ0n) is 82.4. The number of methoxy groups -OCH3 is 7. The Balaban J connectivity index is 0.000000274. The number of rotatable bonds is 15. The highest BCUT2D eigenvalue weighted by atomic mass is 35.5. The van der Waals surface area contributed by atoms with Crippen LogP contribution in [0, 0.1) is 55.4 Å². The summed E-state index contributed by atoms with van der Waals surface area (Å²) < 4.78 is 43.7. The maximum Gasteiger partial charge on any atom is 0.411 e. The first-order valence-corrected chi connectivity index (χ1v) is 44.9. The van der Waals surface area contributed by atoms with Gasteiger partial charge >= 0.3 is 60.2 Å². The number of hydrogen-bond acceptors (Lipinski definition) is 24. The van der Waals surface area contributed by atoms with Gasteiger partial charge in [0.15, 0.2) is 0 Å². The zero-order chi connectivity index (χ0) is 99.4. The van der Waals surface area contributed by atoms with Gasteiger partial charge in [0.25, 0.3) is 0 Å². The molecule has 0 aromatic heterocycles. The molecule has 0 saturated heterocycles. The van der Waals surface area contributed by atoms with E-state index in [0.29, 0.717) is 64.2 Å². The molecule has 0 radical (unpaired) electrons. The third-order valence-corrected chi connectivity index (χ3v) is 23.6. The summed E-state index contributed by atoms with van der Waals surface area (Å²) in [7, 11) is 9.28. The van der Waals surface area contributed by atoms with Crippen LogP contribution in [0.5, 0.6) is 0 Å². The fourth-order valence-corrected chi connectivity index (χ4v) is 15.9. The molecule has 29 nitrogen and oxygen atoms in total. The number of aliphatic carboxylic acids is 1. The van der Waals surface area contributed by atoms with Gasteiger partial charge in [-0.05, 0) is 252 Å². The van der Waals surface area contributed by atoms with Crippen LogP contribution in [0.1, 0.15) is 172 Å². The number of carboxylic acids is 1. The number of fused-ring (bicyclic) bond motifs is 5. The average Bonchev–Trinajstić information content (AvgIpc) is 0.775. The summed E-state index contributed by atoms with van der Waals surface area (Å²) in [6.07, 6.45) is 4.03. The second kappa shape index (κ2) is 54.9. The summed E-state index contributed by atoms with van der Waals surface area (Å²) in [5, 5.41) is 27.4. The van der Waals surface area contributed by atoms with Crippen molar-refractivity contribution in [2.24, 2.45) is 11.5 Å². The Labute approximate surface area is 802 Å². The third kappa shape index (κ3) is 34.6. The number of aryl methyl sites for hydroxylation is 8. The molecule has 5 heterocycles. The molecule has 0 spiro atoms. The van der Waals surface area contributed by atoms with Crippen LogP contribution in [-0.2, 0) is 155 Å². The lowest BCUT2D eigenvalue weighted by molar-refractivity contribution is -0.147. The van der Waals surface area contributed by atoms with Gasteiger partial charge in [-0.3, -0.25) is 29.1 Å². The summed E-state index contributed by atoms with van der Waals surface area (Å²) in [5.41, 5.74) is 34.8. The SMILES string of the molecule is CC[C@H]1Cc2c(C)cccc2CN1.COC(=O)N[C@H](Cc1ccccc1C)C(=O)OC.COC(=O)[C@H](N)Cc1ccccc1C.COC(=O)[C@H]1Cc2c(C)cccc2CN1.COC(=O)[C@H]1Cc2c(C)cccc2CN1C(=O)OC.COC(=O)[C@H]1Cc2c(C)cccc2CN1C(=O)OC(C)(C)C.Cc1cccc2c1C[C@H](CO)N(C(=O)OC(C)(C)C)C2.Cc1ccccc1C[C@@H](N)C(=O)O.Cl. The van der Waals surface area contributed by atoms with E-state index in [1.165, 1.54) is 111 Å². The van der Waals surface area contributed by atoms with Gasteiger partial charge in [0.1, 0.15) is 47.5 Å². The Morgan fingerprint density at radius 1 is 0.400 bits per heavy atom. The van der Waals surface area contributed by atoms with E-state index in [1.54, 1.807) is 31.2 Å². The van der Waals surface area contributed by atoms with Gasteiger partial charge in [-0.1, -0.05) is 171 Å². The molecule has 0 unspecified atom stereocenters. The van der Waals surface area contributed by atoms with Crippen LogP contribution >= 0.6 is 12.4 Å². The number of esters is 5. The lowest BCUT2D eigenvalue weighted by atomic mass is 9.91. The summed E-state index contributed by atoms with van der Waals surface area (Å²) in [6.45, 7) is 32.4. The molecule has 4 amide bonds. The van der Waals surface area contributed by atoms with Crippen molar-refractivity contribution in [3.05, 3.63) is 281 Å². The molecule has 5 aliphatic heterocycles. The number of nitrogens with one attached hydrogen (secondary N) is 3.